The summed E-state index contributed by atoms with van der Waals surface area (Å²) in [5.41, 5.74) is 0.787. The fourth-order valence-corrected chi connectivity index (χ4v) is 19.0. The van der Waals surface area contributed by atoms with Crippen LogP contribution in [0.15, 0.2) is 152 Å². The van der Waals surface area contributed by atoms with E-state index in [1.807, 2.05) is 103 Å². The summed E-state index contributed by atoms with van der Waals surface area (Å²) in [5.74, 6) is -1.66. The first-order valence-electron chi connectivity index (χ1n) is 22.0. The Morgan fingerprint density at radius 3 is 1.49 bits per heavy atom. The van der Waals surface area contributed by atoms with Crippen molar-refractivity contribution >= 4 is 37.4 Å². The second kappa shape index (κ2) is 18.6. The van der Waals surface area contributed by atoms with Gasteiger partial charge in [-0.25, -0.2) is 0 Å². The van der Waals surface area contributed by atoms with E-state index < -0.39 is 76.7 Å². The number of benzene rings is 5. The molecular formula is C51H62O10Si2. The van der Waals surface area contributed by atoms with Crippen molar-refractivity contribution in [3.8, 4) is 0 Å². The van der Waals surface area contributed by atoms with Gasteiger partial charge in [0.05, 0.1) is 25.9 Å². The Balaban J connectivity index is 1.14. The lowest BCUT2D eigenvalue weighted by Crippen LogP contribution is -2.68. The molecule has 0 aromatic heterocycles. The van der Waals surface area contributed by atoms with E-state index >= 15 is 0 Å². The molecule has 0 amide bonds. The number of aliphatic hydroxyl groups excluding tert-OH is 3. The van der Waals surface area contributed by atoms with Crippen molar-refractivity contribution < 1.29 is 47.9 Å². The Labute approximate surface area is 373 Å². The van der Waals surface area contributed by atoms with E-state index in [4.69, 9.17) is 32.5 Å². The Morgan fingerprint density at radius 1 is 0.587 bits per heavy atom. The molecule has 3 heterocycles. The summed E-state index contributed by atoms with van der Waals surface area (Å²) in [7, 11) is -6.24. The van der Waals surface area contributed by atoms with E-state index in [-0.39, 0.29) is 31.3 Å². The molecule has 9 atom stereocenters. The normalized spacial score (nSPS) is 28.1. The highest BCUT2D eigenvalue weighted by Crippen LogP contribution is 2.44. The summed E-state index contributed by atoms with van der Waals surface area (Å²) in [4.78, 5) is 0. The second-order valence-corrected chi connectivity index (χ2v) is 27.7. The van der Waals surface area contributed by atoms with Crippen molar-refractivity contribution in [2.24, 2.45) is 0 Å². The van der Waals surface area contributed by atoms with Gasteiger partial charge in [0.25, 0.3) is 16.6 Å². The minimum atomic E-state index is -3.19. The highest BCUT2D eigenvalue weighted by atomic mass is 28.4. The van der Waals surface area contributed by atoms with Crippen LogP contribution in [0.4, 0.5) is 0 Å². The molecule has 0 unspecified atom stereocenters. The van der Waals surface area contributed by atoms with Crippen molar-refractivity contribution in [1.82, 2.24) is 0 Å². The average Bonchev–Trinajstić information content (AvgIpc) is 3.60. The third kappa shape index (κ3) is 8.94. The summed E-state index contributed by atoms with van der Waals surface area (Å²) in [6.07, 6.45) is -8.69. The molecule has 0 aliphatic carbocycles. The van der Waals surface area contributed by atoms with Crippen LogP contribution in [0.25, 0.3) is 0 Å². The van der Waals surface area contributed by atoms with Gasteiger partial charge in [-0.05, 0) is 30.8 Å². The topological polar surface area (TPSA) is 125 Å². The van der Waals surface area contributed by atoms with Gasteiger partial charge in [-0.2, -0.15) is 0 Å². The quantitative estimate of drug-likeness (QED) is 0.130. The zero-order valence-electron chi connectivity index (χ0n) is 37.1. The number of hydrogen-bond acceptors (Lipinski definition) is 10. The number of rotatable bonds is 13. The second-order valence-electron chi connectivity index (χ2n) is 19.1. The van der Waals surface area contributed by atoms with Crippen LogP contribution >= 0.6 is 0 Å². The molecule has 10 nitrogen and oxygen atoms in total. The number of hydrogen-bond donors (Lipinski definition) is 3. The highest BCUT2D eigenvalue weighted by Gasteiger charge is 2.59. The molecule has 0 saturated carbocycles. The molecular weight excluding hydrogens is 829 g/mol. The van der Waals surface area contributed by atoms with Crippen molar-refractivity contribution in [3.05, 3.63) is 157 Å². The predicted octanol–water partition coefficient (Wildman–Crippen LogP) is 5.56. The van der Waals surface area contributed by atoms with E-state index in [0.29, 0.717) is 0 Å². The standard InChI is InChI=1S/C51H62O10Si2/c1-49(2,3)62(37-24-14-8-15-25-37,38-26-16-9-17-27-38)56-34-42-41(52)32-51(60-42,35-57-63(50(4,5)6,39-28-18-10-19-29-39)40-30-20-11-21-31-40)61-48-45(54)44(53)46-43(58-48)33-55-47(59-46)36-22-12-7-13-23-36/h7-31,41-48,52-54H,32-35H2,1-6H3/t41-,42+,43+,44+,45+,46+,47+,48+,51+/m0/s1. The van der Waals surface area contributed by atoms with Crippen LogP contribution in [0, 0.1) is 0 Å². The van der Waals surface area contributed by atoms with Crippen molar-refractivity contribution in [2.45, 2.75) is 113 Å². The maximum absolute atomic E-state index is 12.2. The van der Waals surface area contributed by atoms with Gasteiger partial charge in [-0.15, -0.1) is 0 Å². The zero-order valence-corrected chi connectivity index (χ0v) is 39.1. The van der Waals surface area contributed by atoms with E-state index in [1.165, 1.54) is 0 Å². The van der Waals surface area contributed by atoms with Crippen LogP contribution in [0.3, 0.4) is 0 Å². The fourth-order valence-electron chi connectivity index (χ4n) is 9.82. The summed E-state index contributed by atoms with van der Waals surface area (Å²) in [6, 6.07) is 50.6. The van der Waals surface area contributed by atoms with Gasteiger partial charge in [0.1, 0.15) is 30.5 Å². The minimum Gasteiger partial charge on any atom is -0.405 e. The first-order chi connectivity index (χ1) is 30.2. The van der Waals surface area contributed by atoms with Gasteiger partial charge >= 0.3 is 0 Å². The van der Waals surface area contributed by atoms with Gasteiger partial charge in [-0.1, -0.05) is 193 Å². The molecule has 8 rings (SSSR count). The molecule has 3 fully saturated rings. The van der Waals surface area contributed by atoms with Crippen molar-refractivity contribution in [1.29, 1.82) is 0 Å². The minimum absolute atomic E-state index is 0.0279. The van der Waals surface area contributed by atoms with Gasteiger partial charge in [0.2, 0.25) is 0 Å². The predicted molar refractivity (Wildman–Crippen MR) is 247 cm³/mol. The van der Waals surface area contributed by atoms with Crippen LogP contribution < -0.4 is 20.7 Å². The molecule has 5 aromatic rings. The molecule has 3 aliphatic heterocycles. The van der Waals surface area contributed by atoms with Crippen LogP contribution in [0.1, 0.15) is 59.8 Å². The molecule has 3 N–H and O–H groups in total. The van der Waals surface area contributed by atoms with Gasteiger partial charge < -0.3 is 47.9 Å². The number of fused-ring (bicyclic) bond motifs is 1. The lowest BCUT2D eigenvalue weighted by molar-refractivity contribution is -0.398. The van der Waals surface area contributed by atoms with Crippen LogP contribution in [0.2, 0.25) is 10.1 Å². The Bertz CT molecular complexity index is 2130. The maximum atomic E-state index is 12.2. The molecule has 5 aromatic carbocycles. The molecule has 63 heavy (non-hydrogen) atoms. The lowest BCUT2D eigenvalue weighted by Gasteiger charge is -2.48. The average molecular weight is 891 g/mol. The smallest absolute Gasteiger partial charge is 0.261 e. The first kappa shape index (κ1) is 45.7. The van der Waals surface area contributed by atoms with E-state index in [9.17, 15) is 15.3 Å². The Hall–Kier alpha value is -3.87. The summed E-state index contributed by atoms with van der Waals surface area (Å²) >= 11 is 0. The molecule has 334 valence electrons. The number of aliphatic hydroxyl groups is 3. The van der Waals surface area contributed by atoms with E-state index in [0.717, 1.165) is 26.3 Å². The highest BCUT2D eigenvalue weighted by molar-refractivity contribution is 7.00. The molecule has 3 aliphatic rings. The van der Waals surface area contributed by atoms with Crippen molar-refractivity contribution in [3.63, 3.8) is 0 Å². The van der Waals surface area contributed by atoms with Gasteiger partial charge in [-0.3, -0.25) is 0 Å². The molecule has 0 radical (unpaired) electrons. The van der Waals surface area contributed by atoms with Crippen LogP contribution in [-0.4, -0.2) is 100 Å². The monoisotopic (exact) mass is 890 g/mol. The summed E-state index contributed by atoms with van der Waals surface area (Å²) in [6.45, 7) is 13.2. The Kier molecular flexibility index (Phi) is 13.5. The lowest BCUT2D eigenvalue weighted by atomic mass is 9.97. The van der Waals surface area contributed by atoms with Crippen LogP contribution in [-0.2, 0) is 32.5 Å². The maximum Gasteiger partial charge on any atom is 0.261 e. The van der Waals surface area contributed by atoms with Crippen LogP contribution in [0.5, 0.6) is 0 Å². The van der Waals surface area contributed by atoms with E-state index in [1.54, 1.807) is 0 Å². The third-order valence-corrected chi connectivity index (χ3v) is 22.8. The van der Waals surface area contributed by atoms with Gasteiger partial charge in [0, 0.05) is 12.0 Å². The van der Waals surface area contributed by atoms with Gasteiger partial charge in [0.15, 0.2) is 18.4 Å². The van der Waals surface area contributed by atoms with Crippen molar-refractivity contribution in [2.75, 3.05) is 19.8 Å². The third-order valence-electron chi connectivity index (χ3n) is 12.9. The SMILES string of the molecule is CC(C)(C)[Si](OC[C@H]1O[C@@](CO[Si](c2ccccc2)(c2ccccc2)C(C)(C)C)(O[C@H]2O[C@@H]3CO[C@@H](c4ccccc4)O[C@H]3[C@H](O)[C@H]2O)C[C@@H]1O)(c1ccccc1)c1ccccc1. The summed E-state index contributed by atoms with van der Waals surface area (Å²) < 4.78 is 47.4. The molecule has 3 saturated heterocycles. The molecule has 0 bridgehead atoms. The van der Waals surface area contributed by atoms with E-state index in [2.05, 4.69) is 90.1 Å². The Morgan fingerprint density at radius 2 is 1.03 bits per heavy atom. The molecule has 0 spiro atoms. The largest absolute Gasteiger partial charge is 0.405 e. The fraction of sp³-hybridized carbons (Fsp3) is 0.412. The molecule has 12 heteroatoms. The zero-order chi connectivity index (χ0) is 44.5. The summed E-state index contributed by atoms with van der Waals surface area (Å²) in [5, 5.41) is 39.2. The number of ether oxygens (including phenoxy) is 5. The first-order valence-corrected chi connectivity index (χ1v) is 25.9.